The zero-order valence-corrected chi connectivity index (χ0v) is 13.0. The van der Waals surface area contributed by atoms with Crippen molar-refractivity contribution in [1.29, 1.82) is 0 Å². The summed E-state index contributed by atoms with van der Waals surface area (Å²) >= 11 is 5.20. The second kappa shape index (κ2) is 5.95. The summed E-state index contributed by atoms with van der Waals surface area (Å²) < 4.78 is 1.08. The molecule has 0 radical (unpaired) electrons. The molecular formula is C16H12BrNOS. The van der Waals surface area contributed by atoms with Crippen molar-refractivity contribution in [3.8, 4) is 0 Å². The molecule has 3 rings (SSSR count). The molecule has 3 aromatic rings. The van der Waals surface area contributed by atoms with Crippen molar-refractivity contribution in [2.75, 3.05) is 0 Å². The van der Waals surface area contributed by atoms with Crippen molar-refractivity contribution >= 4 is 38.5 Å². The van der Waals surface area contributed by atoms with E-state index >= 15 is 0 Å². The van der Waals surface area contributed by atoms with Crippen molar-refractivity contribution in [3.05, 3.63) is 64.8 Å². The summed E-state index contributed by atoms with van der Waals surface area (Å²) in [6.45, 7) is 0.0738. The largest absolute Gasteiger partial charge is 0.392 e. The average Bonchev–Trinajstić information content (AvgIpc) is 2.49. The lowest BCUT2D eigenvalue weighted by Crippen LogP contribution is -1.85. The van der Waals surface area contributed by atoms with E-state index in [1.807, 2.05) is 48.7 Å². The minimum absolute atomic E-state index is 0.0738. The highest BCUT2D eigenvalue weighted by atomic mass is 79.9. The summed E-state index contributed by atoms with van der Waals surface area (Å²) in [5.74, 6) is 0. The second-order valence-electron chi connectivity index (χ2n) is 4.36. The van der Waals surface area contributed by atoms with Crippen molar-refractivity contribution in [1.82, 2.24) is 4.98 Å². The van der Waals surface area contributed by atoms with E-state index in [0.29, 0.717) is 0 Å². The Kier molecular flexibility index (Phi) is 4.05. The summed E-state index contributed by atoms with van der Waals surface area (Å²) in [5, 5.41) is 12.4. The van der Waals surface area contributed by atoms with Crippen LogP contribution in [0.5, 0.6) is 0 Å². The molecule has 0 amide bonds. The van der Waals surface area contributed by atoms with Gasteiger partial charge in [-0.2, -0.15) is 0 Å². The molecule has 1 heterocycles. The summed E-state index contributed by atoms with van der Waals surface area (Å²) in [5.41, 5.74) is 0.919. The van der Waals surface area contributed by atoms with Gasteiger partial charge in [0, 0.05) is 26.3 Å². The minimum Gasteiger partial charge on any atom is -0.392 e. The van der Waals surface area contributed by atoms with E-state index in [2.05, 4.69) is 27.0 Å². The first-order chi connectivity index (χ1) is 9.78. The number of hydrogen-bond acceptors (Lipinski definition) is 3. The zero-order valence-electron chi connectivity index (χ0n) is 10.6. The molecule has 0 saturated heterocycles. The fraction of sp³-hybridized carbons (Fsp3) is 0.0625. The molecule has 2 aromatic carbocycles. The number of aliphatic hydroxyl groups is 1. The molecule has 0 spiro atoms. The van der Waals surface area contributed by atoms with Crippen molar-refractivity contribution in [2.45, 2.75) is 16.5 Å². The molecule has 20 heavy (non-hydrogen) atoms. The van der Waals surface area contributed by atoms with Gasteiger partial charge >= 0.3 is 0 Å². The van der Waals surface area contributed by atoms with Crippen LogP contribution < -0.4 is 0 Å². The van der Waals surface area contributed by atoms with E-state index in [-0.39, 0.29) is 6.61 Å². The van der Waals surface area contributed by atoms with Crippen molar-refractivity contribution in [2.24, 2.45) is 0 Å². The van der Waals surface area contributed by atoms with Gasteiger partial charge in [0.2, 0.25) is 0 Å². The molecule has 0 atom stereocenters. The van der Waals surface area contributed by atoms with Gasteiger partial charge in [-0.1, -0.05) is 52.0 Å². The highest BCUT2D eigenvalue weighted by Gasteiger charge is 2.06. The molecule has 1 aromatic heterocycles. The summed E-state index contributed by atoms with van der Waals surface area (Å²) in [4.78, 5) is 5.59. The number of halogens is 1. The topological polar surface area (TPSA) is 33.1 Å². The Morgan fingerprint density at radius 1 is 1.00 bits per heavy atom. The first kappa shape index (κ1) is 13.6. The Balaban J connectivity index is 1.99. The van der Waals surface area contributed by atoms with Crippen LogP contribution in [0.2, 0.25) is 0 Å². The molecule has 0 unspecified atom stereocenters. The number of benzene rings is 2. The van der Waals surface area contributed by atoms with E-state index in [0.717, 1.165) is 30.7 Å². The molecule has 100 valence electrons. The standard InChI is InChI=1S/C16H12BrNOS/c17-15-3-1-2-14-13(15)8-9-18-16(14)20-12-6-4-11(10-19)5-7-12/h1-9,19H,10H2. The van der Waals surface area contributed by atoms with Gasteiger partial charge in [-0.15, -0.1) is 0 Å². The van der Waals surface area contributed by atoms with Crippen molar-refractivity contribution < 1.29 is 5.11 Å². The second-order valence-corrected chi connectivity index (χ2v) is 6.27. The fourth-order valence-corrected chi connectivity index (χ4v) is 3.39. The number of pyridine rings is 1. The lowest BCUT2D eigenvalue weighted by atomic mass is 10.2. The number of aliphatic hydroxyl groups excluding tert-OH is 1. The van der Waals surface area contributed by atoms with E-state index in [4.69, 9.17) is 5.11 Å². The van der Waals surface area contributed by atoms with Crippen LogP contribution in [-0.2, 0) is 6.61 Å². The predicted molar refractivity (Wildman–Crippen MR) is 85.9 cm³/mol. The molecule has 0 aliphatic rings. The first-order valence-electron chi connectivity index (χ1n) is 6.19. The molecular weight excluding hydrogens is 334 g/mol. The summed E-state index contributed by atoms with van der Waals surface area (Å²) in [6, 6.07) is 16.0. The quantitative estimate of drug-likeness (QED) is 0.750. The third-order valence-corrected chi connectivity index (χ3v) is 4.75. The van der Waals surface area contributed by atoms with Crippen LogP contribution in [0.25, 0.3) is 10.8 Å². The van der Waals surface area contributed by atoms with Gasteiger partial charge in [0.25, 0.3) is 0 Å². The monoisotopic (exact) mass is 345 g/mol. The molecule has 0 saturated carbocycles. The van der Waals surface area contributed by atoms with Gasteiger partial charge < -0.3 is 5.11 Å². The minimum atomic E-state index is 0.0738. The van der Waals surface area contributed by atoms with Crippen LogP contribution in [0.4, 0.5) is 0 Å². The number of aromatic nitrogens is 1. The Bertz CT molecular complexity index is 743. The van der Waals surface area contributed by atoms with Crippen LogP contribution in [0, 0.1) is 0 Å². The van der Waals surface area contributed by atoms with Crippen LogP contribution in [0.3, 0.4) is 0 Å². The van der Waals surface area contributed by atoms with Gasteiger partial charge in [-0.3, -0.25) is 0 Å². The van der Waals surface area contributed by atoms with Crippen molar-refractivity contribution in [3.63, 3.8) is 0 Å². The van der Waals surface area contributed by atoms with Crippen LogP contribution in [0.1, 0.15) is 5.56 Å². The van der Waals surface area contributed by atoms with Gasteiger partial charge in [0.05, 0.1) is 6.61 Å². The first-order valence-corrected chi connectivity index (χ1v) is 7.80. The maximum atomic E-state index is 9.07. The lowest BCUT2D eigenvalue weighted by Gasteiger charge is -2.07. The lowest BCUT2D eigenvalue weighted by molar-refractivity contribution is 0.282. The molecule has 0 bridgehead atoms. The Hall–Kier alpha value is -1.36. The zero-order chi connectivity index (χ0) is 13.9. The number of hydrogen-bond donors (Lipinski definition) is 1. The van der Waals surface area contributed by atoms with E-state index in [9.17, 15) is 0 Å². The molecule has 0 aliphatic carbocycles. The molecule has 0 fully saturated rings. The highest BCUT2D eigenvalue weighted by molar-refractivity contribution is 9.10. The Morgan fingerprint density at radius 2 is 1.80 bits per heavy atom. The van der Waals surface area contributed by atoms with E-state index < -0.39 is 0 Å². The smallest absolute Gasteiger partial charge is 0.109 e. The highest BCUT2D eigenvalue weighted by Crippen LogP contribution is 2.34. The molecule has 4 heteroatoms. The predicted octanol–water partition coefficient (Wildman–Crippen LogP) is 4.64. The SMILES string of the molecule is OCc1ccc(Sc2nccc3c(Br)cccc23)cc1. The normalized spacial score (nSPS) is 10.9. The maximum absolute atomic E-state index is 9.07. The molecule has 0 aliphatic heterocycles. The van der Waals surface area contributed by atoms with Gasteiger partial charge in [0.15, 0.2) is 0 Å². The van der Waals surface area contributed by atoms with Gasteiger partial charge in [0.1, 0.15) is 5.03 Å². The van der Waals surface area contributed by atoms with Gasteiger partial charge in [-0.25, -0.2) is 4.98 Å². The fourth-order valence-electron chi connectivity index (χ4n) is 2.00. The Labute approximate surface area is 130 Å². The number of nitrogens with zero attached hydrogens (tertiary/aromatic N) is 1. The van der Waals surface area contributed by atoms with Gasteiger partial charge in [-0.05, 0) is 29.8 Å². The maximum Gasteiger partial charge on any atom is 0.109 e. The van der Waals surface area contributed by atoms with Crippen LogP contribution in [-0.4, -0.2) is 10.1 Å². The summed E-state index contributed by atoms with van der Waals surface area (Å²) in [6.07, 6.45) is 1.83. The van der Waals surface area contributed by atoms with E-state index in [1.165, 1.54) is 0 Å². The van der Waals surface area contributed by atoms with Crippen LogP contribution >= 0.6 is 27.7 Å². The Morgan fingerprint density at radius 3 is 2.55 bits per heavy atom. The molecule has 1 N–H and O–H groups in total. The molecule has 2 nitrogen and oxygen atoms in total. The third-order valence-electron chi connectivity index (χ3n) is 3.04. The van der Waals surface area contributed by atoms with E-state index in [1.54, 1.807) is 11.8 Å². The van der Waals surface area contributed by atoms with Crippen LogP contribution in [0.15, 0.2) is 69.1 Å². The number of rotatable bonds is 3. The number of fused-ring (bicyclic) bond motifs is 1. The third kappa shape index (κ3) is 2.73. The average molecular weight is 346 g/mol. The summed E-state index contributed by atoms with van der Waals surface area (Å²) in [7, 11) is 0.